The third kappa shape index (κ3) is 3.72. The monoisotopic (exact) mass is 438 g/mol. The van der Waals surface area contributed by atoms with Crippen LogP contribution in [0.25, 0.3) is 0 Å². The number of carbonyl (C=O) groups is 1. The van der Waals surface area contributed by atoms with Crippen molar-refractivity contribution in [2.24, 2.45) is 23.2 Å². The molecule has 0 spiro atoms. The van der Waals surface area contributed by atoms with Crippen LogP contribution in [0.3, 0.4) is 0 Å². The van der Waals surface area contributed by atoms with Crippen LogP contribution in [0.1, 0.15) is 62.2 Å². The zero-order chi connectivity index (χ0) is 21.0. The number of nitrogens with one attached hydrogen (secondary N) is 1. The van der Waals surface area contributed by atoms with Crippen molar-refractivity contribution in [3.05, 3.63) is 28.8 Å². The van der Waals surface area contributed by atoms with Crippen LogP contribution in [0.5, 0.6) is 0 Å². The normalized spacial score (nSPS) is 31.8. The van der Waals surface area contributed by atoms with Gasteiger partial charge < -0.3 is 5.32 Å². The SMILES string of the molecule is CC[C@@H](NC(=O)c1cc(S(=O)(=O)N(C)C)ccc1Cl)C12CC3CC(CC(C3)C1)C2. The summed E-state index contributed by atoms with van der Waals surface area (Å²) in [4.78, 5) is 13.3. The van der Waals surface area contributed by atoms with E-state index in [9.17, 15) is 13.2 Å². The summed E-state index contributed by atoms with van der Waals surface area (Å²) >= 11 is 6.30. The number of sulfonamides is 1. The second-order valence-electron chi connectivity index (χ2n) is 9.64. The fraction of sp³-hybridized carbons (Fsp3) is 0.682. The Morgan fingerprint density at radius 3 is 2.21 bits per heavy atom. The lowest BCUT2D eigenvalue weighted by Gasteiger charge is -2.59. The topological polar surface area (TPSA) is 66.5 Å². The van der Waals surface area contributed by atoms with E-state index in [2.05, 4.69) is 12.2 Å². The summed E-state index contributed by atoms with van der Waals surface area (Å²) in [5, 5.41) is 3.54. The third-order valence-corrected chi connectivity index (χ3v) is 9.64. The molecule has 5 rings (SSSR count). The first-order valence-electron chi connectivity index (χ1n) is 10.7. The third-order valence-electron chi connectivity index (χ3n) is 7.50. The molecule has 1 aromatic rings. The summed E-state index contributed by atoms with van der Waals surface area (Å²) in [5.74, 6) is 2.16. The minimum atomic E-state index is -3.63. The highest BCUT2D eigenvalue weighted by Crippen LogP contribution is 2.61. The van der Waals surface area contributed by atoms with Gasteiger partial charge in [0.25, 0.3) is 5.91 Å². The van der Waals surface area contributed by atoms with Gasteiger partial charge in [0, 0.05) is 20.1 Å². The molecule has 1 aromatic carbocycles. The molecule has 0 aromatic heterocycles. The first-order valence-corrected chi connectivity index (χ1v) is 12.5. The van der Waals surface area contributed by atoms with Gasteiger partial charge in [-0.1, -0.05) is 18.5 Å². The van der Waals surface area contributed by atoms with E-state index in [0.29, 0.717) is 0 Å². The first-order chi connectivity index (χ1) is 13.6. The molecule has 4 bridgehead atoms. The zero-order valence-electron chi connectivity index (χ0n) is 17.4. The lowest BCUT2D eigenvalue weighted by Crippen LogP contribution is -2.56. The summed E-state index contributed by atoms with van der Waals surface area (Å²) in [6, 6.07) is 4.46. The number of halogens is 1. The number of carbonyl (C=O) groups excluding carboxylic acids is 1. The fourth-order valence-corrected chi connectivity index (χ4v) is 7.71. The van der Waals surface area contributed by atoms with Crippen molar-refractivity contribution in [3.63, 3.8) is 0 Å². The van der Waals surface area contributed by atoms with Crippen molar-refractivity contribution < 1.29 is 13.2 Å². The first kappa shape index (κ1) is 21.1. The number of benzene rings is 1. The molecule has 4 saturated carbocycles. The van der Waals surface area contributed by atoms with Crippen molar-refractivity contribution in [3.8, 4) is 0 Å². The van der Waals surface area contributed by atoms with E-state index in [1.165, 1.54) is 70.8 Å². The van der Waals surface area contributed by atoms with E-state index in [1.54, 1.807) is 0 Å². The number of hydrogen-bond acceptors (Lipinski definition) is 3. The molecule has 0 saturated heterocycles. The Labute approximate surface area is 179 Å². The lowest BCUT2D eigenvalue weighted by molar-refractivity contribution is -0.0727. The molecule has 5 nitrogen and oxygen atoms in total. The summed E-state index contributed by atoms with van der Waals surface area (Å²) in [6.07, 6.45) is 8.59. The van der Waals surface area contributed by atoms with E-state index < -0.39 is 10.0 Å². The Balaban J connectivity index is 1.59. The molecule has 0 aliphatic heterocycles. The smallest absolute Gasteiger partial charge is 0.253 e. The quantitative estimate of drug-likeness (QED) is 0.719. The average molecular weight is 439 g/mol. The molecule has 0 radical (unpaired) electrons. The number of amides is 1. The van der Waals surface area contributed by atoms with Crippen LogP contribution in [-0.2, 0) is 10.0 Å². The van der Waals surface area contributed by atoms with Gasteiger partial charge in [0.2, 0.25) is 10.0 Å². The van der Waals surface area contributed by atoms with Gasteiger partial charge in [0.1, 0.15) is 0 Å². The molecule has 29 heavy (non-hydrogen) atoms. The Morgan fingerprint density at radius 2 is 1.72 bits per heavy atom. The Bertz CT molecular complexity index is 877. The average Bonchev–Trinajstić information content (AvgIpc) is 2.64. The molecule has 0 unspecified atom stereocenters. The van der Waals surface area contributed by atoms with Crippen molar-refractivity contribution in [1.29, 1.82) is 0 Å². The molecule has 4 fully saturated rings. The predicted molar refractivity (Wildman–Crippen MR) is 114 cm³/mol. The maximum atomic E-state index is 13.2. The summed E-state index contributed by atoms with van der Waals surface area (Å²) in [7, 11) is -0.674. The fourth-order valence-electron chi connectivity index (χ4n) is 6.58. The second-order valence-corrected chi connectivity index (χ2v) is 12.2. The number of hydrogen-bond donors (Lipinski definition) is 1. The van der Waals surface area contributed by atoms with Gasteiger partial charge in [-0.25, -0.2) is 12.7 Å². The molecular weight excluding hydrogens is 408 g/mol. The summed E-state index contributed by atoms with van der Waals surface area (Å²) < 4.78 is 26.1. The molecule has 1 N–H and O–H groups in total. The van der Waals surface area contributed by atoms with E-state index >= 15 is 0 Å². The number of nitrogens with zero attached hydrogens (tertiary/aromatic N) is 1. The minimum Gasteiger partial charge on any atom is -0.349 e. The van der Waals surface area contributed by atoms with Gasteiger partial charge in [-0.05, 0) is 86.3 Å². The predicted octanol–water partition coefficient (Wildman–Crippen LogP) is 4.32. The van der Waals surface area contributed by atoms with Gasteiger partial charge in [-0.15, -0.1) is 0 Å². The molecular formula is C22H31ClN2O3S. The van der Waals surface area contributed by atoms with Crippen molar-refractivity contribution in [2.75, 3.05) is 14.1 Å². The minimum absolute atomic E-state index is 0.0832. The summed E-state index contributed by atoms with van der Waals surface area (Å²) in [6.45, 7) is 2.14. The number of rotatable bonds is 6. The van der Waals surface area contributed by atoms with Crippen LogP contribution in [0.15, 0.2) is 23.1 Å². The summed E-state index contributed by atoms with van der Waals surface area (Å²) in [5.41, 5.74) is 0.427. The van der Waals surface area contributed by atoms with E-state index in [-0.39, 0.29) is 32.8 Å². The van der Waals surface area contributed by atoms with Gasteiger partial charge in [-0.3, -0.25) is 4.79 Å². The van der Waals surface area contributed by atoms with Crippen molar-refractivity contribution in [1.82, 2.24) is 9.62 Å². The molecule has 4 aliphatic rings. The van der Waals surface area contributed by atoms with Crippen LogP contribution in [0.4, 0.5) is 0 Å². The van der Waals surface area contributed by atoms with E-state index in [4.69, 9.17) is 11.6 Å². The molecule has 160 valence electrons. The van der Waals surface area contributed by atoms with Gasteiger partial charge in [0.05, 0.1) is 15.5 Å². The van der Waals surface area contributed by atoms with E-state index in [0.717, 1.165) is 28.5 Å². The molecule has 1 atom stereocenters. The van der Waals surface area contributed by atoms with Crippen molar-refractivity contribution >= 4 is 27.5 Å². The van der Waals surface area contributed by atoms with Gasteiger partial charge in [0.15, 0.2) is 0 Å². The van der Waals surface area contributed by atoms with Gasteiger partial charge >= 0.3 is 0 Å². The second kappa shape index (κ2) is 7.54. The van der Waals surface area contributed by atoms with Crippen LogP contribution in [-0.4, -0.2) is 38.8 Å². The molecule has 7 heteroatoms. The van der Waals surface area contributed by atoms with Crippen LogP contribution in [0.2, 0.25) is 5.02 Å². The van der Waals surface area contributed by atoms with Crippen LogP contribution < -0.4 is 5.32 Å². The highest BCUT2D eigenvalue weighted by atomic mass is 35.5. The Hall–Kier alpha value is -1.11. The highest BCUT2D eigenvalue weighted by Gasteiger charge is 2.54. The van der Waals surface area contributed by atoms with Crippen LogP contribution in [0, 0.1) is 23.2 Å². The Morgan fingerprint density at radius 1 is 1.17 bits per heavy atom. The molecule has 1 amide bonds. The van der Waals surface area contributed by atoms with Crippen LogP contribution >= 0.6 is 11.6 Å². The van der Waals surface area contributed by atoms with E-state index in [1.807, 2.05) is 0 Å². The maximum absolute atomic E-state index is 13.2. The lowest BCUT2D eigenvalue weighted by atomic mass is 9.47. The highest BCUT2D eigenvalue weighted by molar-refractivity contribution is 7.89. The molecule has 0 heterocycles. The van der Waals surface area contributed by atoms with Gasteiger partial charge in [-0.2, -0.15) is 0 Å². The standard InChI is InChI=1S/C22H31ClN2O3S/c1-4-20(22-11-14-7-15(12-22)9-16(8-14)13-22)24-21(26)18-10-17(5-6-19(18)23)29(27,28)25(2)3/h5-6,10,14-16,20H,4,7-9,11-13H2,1-3H3,(H,24,26)/t14?,15?,16?,20-,22?/m1/s1. The zero-order valence-corrected chi connectivity index (χ0v) is 19.0. The van der Waals surface area contributed by atoms with Crippen molar-refractivity contribution in [2.45, 2.75) is 62.8 Å². The largest absolute Gasteiger partial charge is 0.349 e. The maximum Gasteiger partial charge on any atom is 0.253 e. The Kier molecular flexibility index (Phi) is 5.50. The molecule has 4 aliphatic carbocycles.